The number of nitrogens with zero attached hydrogens (tertiary/aromatic N) is 3. The zero-order chi connectivity index (χ0) is 15.3. The Kier molecular flexibility index (Phi) is 5.24. The second-order valence-electron chi connectivity index (χ2n) is 4.11. The SMILES string of the molecule is CCN(CC)C(=O)CN(C)C(=O)c1cc(C(=O)O)on1. The lowest BCUT2D eigenvalue weighted by atomic mass is 10.3. The van der Waals surface area contributed by atoms with Crippen molar-refractivity contribution in [3.8, 4) is 0 Å². The lowest BCUT2D eigenvalue weighted by Gasteiger charge is -2.22. The van der Waals surface area contributed by atoms with Crippen LogP contribution in [0.15, 0.2) is 10.6 Å². The molecule has 0 spiro atoms. The van der Waals surface area contributed by atoms with E-state index in [0.717, 1.165) is 6.07 Å². The van der Waals surface area contributed by atoms with Crippen molar-refractivity contribution >= 4 is 17.8 Å². The largest absolute Gasteiger partial charge is 0.475 e. The first-order valence-electron chi connectivity index (χ1n) is 6.13. The highest BCUT2D eigenvalue weighted by Gasteiger charge is 2.22. The molecule has 0 aliphatic rings. The molecule has 0 aliphatic carbocycles. The number of carboxylic acid groups (broad SMARTS) is 1. The molecule has 0 saturated carbocycles. The fourth-order valence-electron chi connectivity index (χ4n) is 1.62. The zero-order valence-electron chi connectivity index (χ0n) is 11.6. The van der Waals surface area contributed by atoms with Crippen LogP contribution < -0.4 is 0 Å². The van der Waals surface area contributed by atoms with Crippen LogP contribution in [-0.2, 0) is 4.79 Å². The van der Waals surface area contributed by atoms with Gasteiger partial charge in [0, 0.05) is 26.2 Å². The molecule has 0 unspecified atom stereocenters. The van der Waals surface area contributed by atoms with Crippen molar-refractivity contribution in [2.24, 2.45) is 0 Å². The van der Waals surface area contributed by atoms with E-state index in [1.165, 1.54) is 11.9 Å². The van der Waals surface area contributed by atoms with E-state index in [-0.39, 0.29) is 18.1 Å². The van der Waals surface area contributed by atoms with E-state index in [1.807, 2.05) is 13.8 Å². The molecule has 0 fully saturated rings. The van der Waals surface area contributed by atoms with Crippen molar-refractivity contribution in [1.82, 2.24) is 15.0 Å². The molecule has 0 bridgehead atoms. The Morgan fingerprint density at radius 2 is 1.90 bits per heavy atom. The smallest absolute Gasteiger partial charge is 0.374 e. The van der Waals surface area contributed by atoms with Gasteiger partial charge in [-0.15, -0.1) is 0 Å². The lowest BCUT2D eigenvalue weighted by molar-refractivity contribution is -0.131. The maximum Gasteiger partial charge on any atom is 0.374 e. The quantitative estimate of drug-likeness (QED) is 0.806. The number of hydrogen-bond donors (Lipinski definition) is 1. The van der Waals surface area contributed by atoms with Gasteiger partial charge in [0.05, 0.1) is 6.54 Å². The first-order chi connectivity index (χ1) is 9.40. The second-order valence-corrected chi connectivity index (χ2v) is 4.11. The minimum absolute atomic E-state index is 0.101. The number of carbonyl (C=O) groups is 3. The predicted octanol–water partition coefficient (Wildman–Crippen LogP) is 0.313. The Morgan fingerprint density at radius 1 is 1.30 bits per heavy atom. The van der Waals surface area contributed by atoms with Gasteiger partial charge >= 0.3 is 5.97 Å². The van der Waals surface area contributed by atoms with Gasteiger partial charge in [-0.25, -0.2) is 4.79 Å². The molecule has 20 heavy (non-hydrogen) atoms. The molecule has 1 rings (SSSR count). The average molecular weight is 283 g/mol. The van der Waals surface area contributed by atoms with Crippen LogP contribution in [0.4, 0.5) is 0 Å². The van der Waals surface area contributed by atoms with Crippen LogP contribution in [0.2, 0.25) is 0 Å². The average Bonchev–Trinajstić information content (AvgIpc) is 2.88. The Bertz CT molecular complexity index is 507. The van der Waals surface area contributed by atoms with E-state index in [4.69, 9.17) is 5.11 Å². The van der Waals surface area contributed by atoms with Gasteiger partial charge in [0.15, 0.2) is 5.69 Å². The molecule has 1 aromatic rings. The first-order valence-corrected chi connectivity index (χ1v) is 6.13. The van der Waals surface area contributed by atoms with Crippen molar-refractivity contribution in [2.45, 2.75) is 13.8 Å². The van der Waals surface area contributed by atoms with Crippen LogP contribution >= 0.6 is 0 Å². The summed E-state index contributed by atoms with van der Waals surface area (Å²) in [5.74, 6) is -2.48. The van der Waals surface area contributed by atoms with Crippen LogP contribution in [0.3, 0.4) is 0 Å². The number of hydrogen-bond acceptors (Lipinski definition) is 5. The van der Waals surface area contributed by atoms with E-state index in [1.54, 1.807) is 4.90 Å². The highest BCUT2D eigenvalue weighted by atomic mass is 16.5. The summed E-state index contributed by atoms with van der Waals surface area (Å²) in [4.78, 5) is 37.2. The Hall–Kier alpha value is -2.38. The standard InChI is InChI=1S/C12H17N3O5/c1-4-15(5-2)10(16)7-14(3)11(17)8-6-9(12(18)19)20-13-8/h6H,4-5,7H2,1-3H3,(H,18,19). The van der Waals surface area contributed by atoms with Gasteiger partial charge in [-0.05, 0) is 13.8 Å². The third-order valence-corrected chi connectivity index (χ3v) is 2.78. The molecule has 0 atom stereocenters. The van der Waals surface area contributed by atoms with Gasteiger partial charge in [0.1, 0.15) is 0 Å². The molecule has 110 valence electrons. The summed E-state index contributed by atoms with van der Waals surface area (Å²) in [7, 11) is 1.44. The highest BCUT2D eigenvalue weighted by molar-refractivity contribution is 5.96. The van der Waals surface area contributed by atoms with Gasteiger partial charge in [0.25, 0.3) is 5.91 Å². The molecule has 1 aromatic heterocycles. The molecule has 0 saturated heterocycles. The Morgan fingerprint density at radius 3 is 2.35 bits per heavy atom. The zero-order valence-corrected chi connectivity index (χ0v) is 11.6. The molecule has 0 radical (unpaired) electrons. The monoisotopic (exact) mass is 283 g/mol. The van der Waals surface area contributed by atoms with Crippen LogP contribution in [0.5, 0.6) is 0 Å². The van der Waals surface area contributed by atoms with E-state index < -0.39 is 17.6 Å². The van der Waals surface area contributed by atoms with Crippen LogP contribution in [0.25, 0.3) is 0 Å². The summed E-state index contributed by atoms with van der Waals surface area (Å²) in [5, 5.41) is 12.1. The molecule has 8 nitrogen and oxygen atoms in total. The summed E-state index contributed by atoms with van der Waals surface area (Å²) >= 11 is 0. The van der Waals surface area contributed by atoms with Gasteiger partial charge in [-0.2, -0.15) is 0 Å². The maximum absolute atomic E-state index is 12.0. The normalized spacial score (nSPS) is 10.2. The van der Waals surface area contributed by atoms with E-state index in [2.05, 4.69) is 9.68 Å². The molecular formula is C12H17N3O5. The highest BCUT2D eigenvalue weighted by Crippen LogP contribution is 2.06. The van der Waals surface area contributed by atoms with E-state index >= 15 is 0 Å². The summed E-state index contributed by atoms with van der Waals surface area (Å²) < 4.78 is 4.50. The lowest BCUT2D eigenvalue weighted by Crippen LogP contribution is -2.41. The van der Waals surface area contributed by atoms with E-state index in [9.17, 15) is 14.4 Å². The first kappa shape index (κ1) is 15.7. The molecular weight excluding hydrogens is 266 g/mol. The Balaban J connectivity index is 2.71. The predicted molar refractivity (Wildman–Crippen MR) is 68.4 cm³/mol. The number of carbonyl (C=O) groups excluding carboxylic acids is 2. The summed E-state index contributed by atoms with van der Waals surface area (Å²) in [5.41, 5.74) is -0.141. The Labute approximate surface area is 115 Å². The van der Waals surface area contributed by atoms with Crippen LogP contribution in [-0.4, -0.2) is 64.5 Å². The van der Waals surface area contributed by atoms with Crippen LogP contribution in [0, 0.1) is 0 Å². The molecule has 1 N–H and O–H groups in total. The molecule has 0 aromatic carbocycles. The number of amides is 2. The third kappa shape index (κ3) is 3.56. The van der Waals surface area contributed by atoms with Gasteiger partial charge in [0.2, 0.25) is 11.7 Å². The summed E-state index contributed by atoms with van der Waals surface area (Å²) in [6, 6.07) is 1.03. The van der Waals surface area contributed by atoms with Crippen molar-refractivity contribution < 1.29 is 24.0 Å². The van der Waals surface area contributed by atoms with Crippen molar-refractivity contribution in [3.05, 3.63) is 17.5 Å². The van der Waals surface area contributed by atoms with Crippen molar-refractivity contribution in [3.63, 3.8) is 0 Å². The molecule has 0 aliphatic heterocycles. The minimum Gasteiger partial charge on any atom is -0.475 e. The van der Waals surface area contributed by atoms with Gasteiger partial charge in [-0.3, -0.25) is 9.59 Å². The number of likely N-dealkylation sites (N-methyl/N-ethyl adjacent to an activating group) is 2. The van der Waals surface area contributed by atoms with Crippen LogP contribution in [0.1, 0.15) is 34.9 Å². The van der Waals surface area contributed by atoms with Crippen molar-refractivity contribution in [1.29, 1.82) is 0 Å². The molecule has 8 heteroatoms. The minimum atomic E-state index is -1.31. The molecule has 2 amide bonds. The summed E-state index contributed by atoms with van der Waals surface area (Å²) in [6.45, 7) is 4.71. The number of aromatic carboxylic acids is 1. The number of carboxylic acids is 1. The number of rotatable bonds is 6. The summed E-state index contributed by atoms with van der Waals surface area (Å²) in [6.07, 6.45) is 0. The molecule has 1 heterocycles. The van der Waals surface area contributed by atoms with Gasteiger partial charge < -0.3 is 19.4 Å². The fraction of sp³-hybridized carbons (Fsp3) is 0.500. The second kappa shape index (κ2) is 6.69. The van der Waals surface area contributed by atoms with Gasteiger partial charge in [-0.1, -0.05) is 5.16 Å². The van der Waals surface area contributed by atoms with Crippen molar-refractivity contribution in [2.75, 3.05) is 26.7 Å². The topological polar surface area (TPSA) is 104 Å². The maximum atomic E-state index is 12.0. The number of aromatic nitrogens is 1. The van der Waals surface area contributed by atoms with E-state index in [0.29, 0.717) is 13.1 Å². The third-order valence-electron chi connectivity index (χ3n) is 2.78. The fourth-order valence-corrected chi connectivity index (χ4v) is 1.62.